The number of halogens is 1. The summed E-state index contributed by atoms with van der Waals surface area (Å²) in [6, 6.07) is 13.3. The molecule has 7 heteroatoms. The molecule has 0 radical (unpaired) electrons. The molecular weight excluding hydrogens is 347 g/mol. The SMILES string of the molecule is CN(C)c1ccc(CNC(=O)c2cncnc2Oc2ccc(F)cc2)cc1. The monoisotopic (exact) mass is 366 g/mol. The molecule has 0 aliphatic heterocycles. The lowest BCUT2D eigenvalue weighted by atomic mass is 10.2. The zero-order chi connectivity index (χ0) is 19.2. The van der Waals surface area contributed by atoms with Crippen LogP contribution >= 0.6 is 0 Å². The zero-order valence-corrected chi connectivity index (χ0v) is 15.0. The molecule has 27 heavy (non-hydrogen) atoms. The minimum absolute atomic E-state index is 0.108. The lowest BCUT2D eigenvalue weighted by Crippen LogP contribution is -2.23. The first kappa shape index (κ1) is 18.3. The zero-order valence-electron chi connectivity index (χ0n) is 15.0. The molecular formula is C20H19FN4O2. The molecule has 0 saturated carbocycles. The largest absolute Gasteiger partial charge is 0.438 e. The lowest BCUT2D eigenvalue weighted by molar-refractivity contribution is 0.0947. The van der Waals surface area contributed by atoms with E-state index in [1.54, 1.807) is 0 Å². The van der Waals surface area contributed by atoms with Crippen molar-refractivity contribution in [3.05, 3.63) is 78.0 Å². The van der Waals surface area contributed by atoms with E-state index < -0.39 is 0 Å². The second kappa shape index (κ2) is 8.27. The maximum absolute atomic E-state index is 13.0. The number of anilines is 1. The first-order valence-electron chi connectivity index (χ1n) is 8.31. The van der Waals surface area contributed by atoms with Gasteiger partial charge in [-0.2, -0.15) is 0 Å². The number of nitrogens with one attached hydrogen (secondary N) is 1. The van der Waals surface area contributed by atoms with Crippen LogP contribution in [0.4, 0.5) is 10.1 Å². The van der Waals surface area contributed by atoms with Gasteiger partial charge in [-0.25, -0.2) is 14.4 Å². The van der Waals surface area contributed by atoms with E-state index in [-0.39, 0.29) is 23.2 Å². The second-order valence-corrected chi connectivity index (χ2v) is 6.04. The molecule has 1 aromatic heterocycles. The van der Waals surface area contributed by atoms with Crippen LogP contribution in [0, 0.1) is 5.82 Å². The normalized spacial score (nSPS) is 10.3. The molecule has 138 valence electrons. The van der Waals surface area contributed by atoms with Crippen LogP contribution in [-0.4, -0.2) is 30.0 Å². The summed E-state index contributed by atoms with van der Waals surface area (Å²) < 4.78 is 18.6. The molecule has 0 unspecified atom stereocenters. The molecule has 3 rings (SSSR count). The number of carbonyl (C=O) groups is 1. The molecule has 0 bridgehead atoms. The number of rotatable bonds is 6. The summed E-state index contributed by atoms with van der Waals surface area (Å²) in [5.74, 6) is -0.242. The molecule has 6 nitrogen and oxygen atoms in total. The first-order valence-corrected chi connectivity index (χ1v) is 8.31. The highest BCUT2D eigenvalue weighted by atomic mass is 19.1. The number of aromatic nitrogens is 2. The molecule has 0 aliphatic rings. The maximum Gasteiger partial charge on any atom is 0.258 e. The molecule has 1 N–H and O–H groups in total. The summed E-state index contributed by atoms with van der Waals surface area (Å²) in [5.41, 5.74) is 2.25. The average Bonchev–Trinajstić information content (AvgIpc) is 2.68. The van der Waals surface area contributed by atoms with Gasteiger partial charge in [0, 0.05) is 32.5 Å². The van der Waals surface area contributed by atoms with Gasteiger partial charge in [0.15, 0.2) is 0 Å². The van der Waals surface area contributed by atoms with Crippen LogP contribution in [0.5, 0.6) is 11.6 Å². The number of hydrogen-bond acceptors (Lipinski definition) is 5. The molecule has 0 fully saturated rings. The highest BCUT2D eigenvalue weighted by Crippen LogP contribution is 2.22. The average molecular weight is 366 g/mol. The van der Waals surface area contributed by atoms with Gasteiger partial charge in [-0.05, 0) is 42.0 Å². The quantitative estimate of drug-likeness (QED) is 0.724. The van der Waals surface area contributed by atoms with Gasteiger partial charge in [-0.3, -0.25) is 4.79 Å². The van der Waals surface area contributed by atoms with Crippen molar-refractivity contribution in [3.8, 4) is 11.6 Å². The van der Waals surface area contributed by atoms with Crippen molar-refractivity contribution in [1.29, 1.82) is 0 Å². The van der Waals surface area contributed by atoms with Crippen LogP contribution < -0.4 is 15.0 Å². The number of hydrogen-bond donors (Lipinski definition) is 1. The van der Waals surface area contributed by atoms with E-state index in [0.717, 1.165) is 11.3 Å². The Kier molecular flexibility index (Phi) is 5.61. The van der Waals surface area contributed by atoms with Crippen molar-refractivity contribution in [2.75, 3.05) is 19.0 Å². The number of ether oxygens (including phenoxy) is 1. The van der Waals surface area contributed by atoms with E-state index in [0.29, 0.717) is 12.3 Å². The van der Waals surface area contributed by atoms with E-state index in [1.807, 2.05) is 43.3 Å². The summed E-state index contributed by atoms with van der Waals surface area (Å²) in [5, 5.41) is 2.83. The van der Waals surface area contributed by atoms with E-state index in [1.165, 1.54) is 36.8 Å². The first-order chi connectivity index (χ1) is 13.0. The molecule has 3 aromatic rings. The Morgan fingerprint density at radius 3 is 2.48 bits per heavy atom. The predicted molar refractivity (Wildman–Crippen MR) is 100 cm³/mol. The van der Waals surface area contributed by atoms with Gasteiger partial charge >= 0.3 is 0 Å². The third-order valence-corrected chi connectivity index (χ3v) is 3.85. The number of nitrogens with zero attached hydrogens (tertiary/aromatic N) is 3. The number of amides is 1. The van der Waals surface area contributed by atoms with Crippen molar-refractivity contribution in [2.24, 2.45) is 0 Å². The van der Waals surface area contributed by atoms with Crippen molar-refractivity contribution in [3.63, 3.8) is 0 Å². The van der Waals surface area contributed by atoms with Gasteiger partial charge in [-0.15, -0.1) is 0 Å². The number of carbonyl (C=O) groups excluding carboxylic acids is 1. The Labute approximate surface area is 156 Å². The Morgan fingerprint density at radius 1 is 1.11 bits per heavy atom. The predicted octanol–water partition coefficient (Wildman–Crippen LogP) is 3.40. The van der Waals surface area contributed by atoms with Gasteiger partial charge in [0.2, 0.25) is 5.88 Å². The molecule has 0 saturated heterocycles. The van der Waals surface area contributed by atoms with Crippen molar-refractivity contribution in [1.82, 2.24) is 15.3 Å². The number of benzene rings is 2. The Hall–Kier alpha value is -3.48. The molecule has 0 atom stereocenters. The summed E-state index contributed by atoms with van der Waals surface area (Å²) >= 11 is 0. The Morgan fingerprint density at radius 2 is 1.81 bits per heavy atom. The van der Waals surface area contributed by atoms with Crippen LogP contribution in [0.1, 0.15) is 15.9 Å². The smallest absolute Gasteiger partial charge is 0.258 e. The van der Waals surface area contributed by atoms with Crippen LogP contribution in [0.25, 0.3) is 0 Å². The van der Waals surface area contributed by atoms with Gasteiger partial charge < -0.3 is 15.0 Å². The fourth-order valence-electron chi connectivity index (χ4n) is 2.36. The summed E-state index contributed by atoms with van der Waals surface area (Å²) in [6.07, 6.45) is 2.67. The highest BCUT2D eigenvalue weighted by Gasteiger charge is 2.15. The van der Waals surface area contributed by atoms with Gasteiger partial charge in [0.05, 0.1) is 0 Å². The van der Waals surface area contributed by atoms with Crippen molar-refractivity contribution >= 4 is 11.6 Å². The third kappa shape index (κ3) is 4.78. The summed E-state index contributed by atoms with van der Waals surface area (Å²) in [7, 11) is 3.93. The molecule has 0 spiro atoms. The Bertz CT molecular complexity index is 912. The van der Waals surface area contributed by atoms with E-state index in [4.69, 9.17) is 4.74 Å². The lowest BCUT2D eigenvalue weighted by Gasteiger charge is -2.13. The van der Waals surface area contributed by atoms with E-state index in [2.05, 4.69) is 15.3 Å². The Balaban J connectivity index is 1.68. The molecule has 1 heterocycles. The minimum atomic E-state index is -0.372. The molecule has 2 aromatic carbocycles. The standard InChI is InChI=1S/C20H19FN4O2/c1-25(2)16-7-3-14(4-8-16)11-23-19(26)18-12-22-13-24-20(18)27-17-9-5-15(21)6-10-17/h3-10,12-13H,11H2,1-2H3,(H,23,26). The molecule has 0 aliphatic carbocycles. The topological polar surface area (TPSA) is 67.4 Å². The van der Waals surface area contributed by atoms with E-state index in [9.17, 15) is 9.18 Å². The minimum Gasteiger partial charge on any atom is -0.438 e. The van der Waals surface area contributed by atoms with E-state index >= 15 is 0 Å². The van der Waals surface area contributed by atoms with Crippen LogP contribution in [0.2, 0.25) is 0 Å². The highest BCUT2D eigenvalue weighted by molar-refractivity contribution is 5.96. The molecule has 1 amide bonds. The van der Waals surface area contributed by atoms with Gasteiger partial charge in [-0.1, -0.05) is 12.1 Å². The van der Waals surface area contributed by atoms with Crippen LogP contribution in [0.15, 0.2) is 61.1 Å². The van der Waals surface area contributed by atoms with Crippen molar-refractivity contribution < 1.29 is 13.9 Å². The van der Waals surface area contributed by atoms with Gasteiger partial charge in [0.1, 0.15) is 23.5 Å². The fraction of sp³-hybridized carbons (Fsp3) is 0.150. The summed E-state index contributed by atoms with van der Waals surface area (Å²) in [6.45, 7) is 0.359. The maximum atomic E-state index is 13.0. The third-order valence-electron chi connectivity index (χ3n) is 3.85. The van der Waals surface area contributed by atoms with Crippen LogP contribution in [0.3, 0.4) is 0 Å². The second-order valence-electron chi connectivity index (χ2n) is 6.04. The fourth-order valence-corrected chi connectivity index (χ4v) is 2.36. The summed E-state index contributed by atoms with van der Waals surface area (Å²) in [4.78, 5) is 22.4. The van der Waals surface area contributed by atoms with Gasteiger partial charge in [0.25, 0.3) is 5.91 Å². The van der Waals surface area contributed by atoms with Crippen molar-refractivity contribution in [2.45, 2.75) is 6.54 Å². The van der Waals surface area contributed by atoms with Crippen LogP contribution in [-0.2, 0) is 6.54 Å².